The number of allylic oxidation sites excluding steroid dienone is 2. The molecule has 0 saturated heterocycles. The maximum atomic E-state index is 12.9. The highest BCUT2D eigenvalue weighted by molar-refractivity contribution is 9.10. The minimum atomic E-state index is -3.65. The summed E-state index contributed by atoms with van der Waals surface area (Å²) in [7, 11) is -3.65. The van der Waals surface area contributed by atoms with E-state index in [0.29, 0.717) is 11.6 Å². The van der Waals surface area contributed by atoms with Gasteiger partial charge < -0.3 is 5.32 Å². The van der Waals surface area contributed by atoms with Crippen LogP contribution in [0.2, 0.25) is 0 Å². The van der Waals surface area contributed by atoms with Crippen LogP contribution >= 0.6 is 15.9 Å². The van der Waals surface area contributed by atoms with Gasteiger partial charge in [-0.2, -0.15) is 0 Å². The number of rotatable bonds is 4. The molecule has 1 heterocycles. The molecule has 0 aromatic heterocycles. The zero-order chi connectivity index (χ0) is 20.7. The number of para-hydroxylation sites is 1. The normalized spacial score (nSPS) is 22.1. The van der Waals surface area contributed by atoms with Gasteiger partial charge in [-0.15, -0.1) is 0 Å². The first-order chi connectivity index (χ1) is 14.5. The maximum Gasteiger partial charge on any atom is 0.261 e. The van der Waals surface area contributed by atoms with E-state index in [2.05, 4.69) is 62.4 Å². The molecule has 0 radical (unpaired) electrons. The average Bonchev–Trinajstić information content (AvgIpc) is 3.24. The summed E-state index contributed by atoms with van der Waals surface area (Å²) in [5, 5.41) is 3.66. The molecule has 0 fully saturated rings. The number of nitrogens with one attached hydrogen (secondary N) is 2. The van der Waals surface area contributed by atoms with E-state index in [1.807, 2.05) is 30.3 Å². The van der Waals surface area contributed by atoms with Gasteiger partial charge in [0.15, 0.2) is 0 Å². The summed E-state index contributed by atoms with van der Waals surface area (Å²) in [5.41, 5.74) is 3.83. The third-order valence-electron chi connectivity index (χ3n) is 5.90. The Kier molecular flexibility index (Phi) is 4.91. The number of halogens is 1. The molecule has 0 saturated carbocycles. The van der Waals surface area contributed by atoms with Gasteiger partial charge in [0, 0.05) is 21.8 Å². The number of benzene rings is 3. The van der Waals surface area contributed by atoms with Crippen LogP contribution in [0.1, 0.15) is 29.5 Å². The molecule has 152 valence electrons. The molecule has 0 amide bonds. The minimum Gasteiger partial charge on any atom is -0.378 e. The number of hydrogen-bond acceptors (Lipinski definition) is 3. The van der Waals surface area contributed by atoms with Gasteiger partial charge in [-0.3, -0.25) is 4.72 Å². The number of hydrogen-bond donors (Lipinski definition) is 2. The topological polar surface area (TPSA) is 58.2 Å². The largest absolute Gasteiger partial charge is 0.378 e. The molecule has 1 aliphatic heterocycles. The molecular weight excluding hydrogens is 460 g/mol. The van der Waals surface area contributed by atoms with Crippen molar-refractivity contribution in [1.82, 2.24) is 0 Å². The van der Waals surface area contributed by atoms with Crippen LogP contribution in [0.3, 0.4) is 0 Å². The predicted octanol–water partition coefficient (Wildman–Crippen LogP) is 6.08. The molecule has 6 heteroatoms. The van der Waals surface area contributed by atoms with Gasteiger partial charge in [0.1, 0.15) is 0 Å². The fraction of sp³-hybridized carbons (Fsp3) is 0.167. The van der Waals surface area contributed by atoms with E-state index in [1.54, 1.807) is 18.2 Å². The summed E-state index contributed by atoms with van der Waals surface area (Å²) >= 11 is 3.51. The standard InChI is InChI=1S/C24H21BrN2O2S/c25-17-11-9-16(10-12-17)24-21-8-4-7-20(21)22-15-19(13-14-23(22)26-24)30(28,29)27-18-5-2-1-3-6-18/h1-7,9-15,20-21,24,26-27H,8H2. The highest BCUT2D eigenvalue weighted by Crippen LogP contribution is 2.50. The van der Waals surface area contributed by atoms with Crippen molar-refractivity contribution >= 4 is 37.3 Å². The summed E-state index contributed by atoms with van der Waals surface area (Å²) in [5.74, 6) is 0.556. The average molecular weight is 481 g/mol. The molecule has 3 aromatic carbocycles. The second-order valence-electron chi connectivity index (χ2n) is 7.75. The number of fused-ring (bicyclic) bond motifs is 3. The first-order valence-corrected chi connectivity index (χ1v) is 12.2. The summed E-state index contributed by atoms with van der Waals surface area (Å²) in [6.45, 7) is 0. The molecule has 0 bridgehead atoms. The van der Waals surface area contributed by atoms with Crippen LogP contribution in [-0.4, -0.2) is 8.42 Å². The van der Waals surface area contributed by atoms with Crippen molar-refractivity contribution in [2.24, 2.45) is 5.92 Å². The van der Waals surface area contributed by atoms with E-state index in [4.69, 9.17) is 0 Å². The Labute approximate surface area is 185 Å². The van der Waals surface area contributed by atoms with Crippen molar-refractivity contribution in [3.05, 3.63) is 101 Å². The number of sulfonamides is 1. The molecule has 0 spiro atoms. The van der Waals surface area contributed by atoms with Crippen LogP contribution in [0, 0.1) is 5.92 Å². The molecule has 3 atom stereocenters. The van der Waals surface area contributed by atoms with Gasteiger partial charge >= 0.3 is 0 Å². The second-order valence-corrected chi connectivity index (χ2v) is 10.3. The summed E-state index contributed by atoms with van der Waals surface area (Å²) < 4.78 is 29.6. The van der Waals surface area contributed by atoms with E-state index in [9.17, 15) is 8.42 Å². The van der Waals surface area contributed by atoms with Gasteiger partial charge in [0.25, 0.3) is 10.0 Å². The Bertz CT molecular complexity index is 1210. The first-order valence-electron chi connectivity index (χ1n) is 9.92. The highest BCUT2D eigenvalue weighted by Gasteiger charge is 2.38. The third-order valence-corrected chi connectivity index (χ3v) is 7.81. The molecule has 3 unspecified atom stereocenters. The van der Waals surface area contributed by atoms with Crippen LogP contribution in [0.15, 0.2) is 94.3 Å². The van der Waals surface area contributed by atoms with Crippen LogP contribution in [0.4, 0.5) is 11.4 Å². The van der Waals surface area contributed by atoms with Gasteiger partial charge in [-0.1, -0.05) is 58.4 Å². The lowest BCUT2D eigenvalue weighted by Gasteiger charge is -2.37. The molecule has 1 aliphatic carbocycles. The van der Waals surface area contributed by atoms with E-state index < -0.39 is 10.0 Å². The summed E-state index contributed by atoms with van der Waals surface area (Å²) in [6.07, 6.45) is 5.40. The predicted molar refractivity (Wildman–Crippen MR) is 124 cm³/mol. The van der Waals surface area contributed by atoms with Gasteiger partial charge in [0.05, 0.1) is 10.9 Å². The highest BCUT2D eigenvalue weighted by atomic mass is 79.9. The summed E-state index contributed by atoms with van der Waals surface area (Å²) in [6, 6.07) is 23.0. The van der Waals surface area contributed by atoms with E-state index in [0.717, 1.165) is 22.1 Å². The van der Waals surface area contributed by atoms with Crippen LogP contribution in [0.25, 0.3) is 0 Å². The molecule has 2 N–H and O–H groups in total. The molecule has 2 aliphatic rings. The second kappa shape index (κ2) is 7.60. The minimum absolute atomic E-state index is 0.190. The Balaban J connectivity index is 1.50. The lowest BCUT2D eigenvalue weighted by molar-refractivity contribution is 0.425. The van der Waals surface area contributed by atoms with Crippen molar-refractivity contribution in [3.63, 3.8) is 0 Å². The number of anilines is 2. The van der Waals surface area contributed by atoms with Crippen LogP contribution in [0.5, 0.6) is 0 Å². The lowest BCUT2D eigenvalue weighted by Crippen LogP contribution is -2.29. The fourth-order valence-corrected chi connectivity index (χ4v) is 5.82. The zero-order valence-electron chi connectivity index (χ0n) is 16.1. The zero-order valence-corrected chi connectivity index (χ0v) is 18.5. The Morgan fingerprint density at radius 3 is 2.50 bits per heavy atom. The van der Waals surface area contributed by atoms with Crippen molar-refractivity contribution in [2.45, 2.75) is 23.3 Å². The Morgan fingerprint density at radius 1 is 0.967 bits per heavy atom. The Morgan fingerprint density at radius 2 is 1.73 bits per heavy atom. The Hall–Kier alpha value is -2.57. The van der Waals surface area contributed by atoms with Gasteiger partial charge in [-0.25, -0.2) is 8.42 Å². The van der Waals surface area contributed by atoms with Crippen LogP contribution < -0.4 is 10.0 Å². The quantitative estimate of drug-likeness (QED) is 0.445. The molecule has 5 rings (SSSR count). The molecular formula is C24H21BrN2O2S. The van der Waals surface area contributed by atoms with E-state index >= 15 is 0 Å². The maximum absolute atomic E-state index is 12.9. The van der Waals surface area contributed by atoms with Crippen molar-refractivity contribution < 1.29 is 8.42 Å². The molecule has 4 nitrogen and oxygen atoms in total. The third kappa shape index (κ3) is 3.55. The van der Waals surface area contributed by atoms with Gasteiger partial charge in [0.2, 0.25) is 0 Å². The first kappa shape index (κ1) is 19.4. The smallest absolute Gasteiger partial charge is 0.261 e. The molecule has 30 heavy (non-hydrogen) atoms. The monoisotopic (exact) mass is 480 g/mol. The van der Waals surface area contributed by atoms with Crippen molar-refractivity contribution in [2.75, 3.05) is 10.0 Å². The van der Waals surface area contributed by atoms with E-state index in [1.165, 1.54) is 5.56 Å². The van der Waals surface area contributed by atoms with E-state index in [-0.39, 0.29) is 16.9 Å². The van der Waals surface area contributed by atoms with Crippen molar-refractivity contribution in [3.8, 4) is 0 Å². The SMILES string of the molecule is O=S(=O)(Nc1ccccc1)c1ccc2c(c1)C1C=CCC1C(c1ccc(Br)cc1)N2. The van der Waals surface area contributed by atoms with Crippen LogP contribution in [-0.2, 0) is 10.0 Å². The lowest BCUT2D eigenvalue weighted by atomic mass is 9.77. The molecule has 3 aromatic rings. The summed E-state index contributed by atoms with van der Waals surface area (Å²) in [4.78, 5) is 0.285. The fourth-order valence-electron chi connectivity index (χ4n) is 4.46. The van der Waals surface area contributed by atoms with Crippen molar-refractivity contribution in [1.29, 1.82) is 0 Å². The van der Waals surface area contributed by atoms with Gasteiger partial charge in [-0.05, 0) is 65.9 Å².